The first-order valence-electron chi connectivity index (χ1n) is 11.1. The van der Waals surface area contributed by atoms with Crippen LogP contribution in [0.1, 0.15) is 21.5 Å². The van der Waals surface area contributed by atoms with Gasteiger partial charge in [0.25, 0.3) is 11.8 Å². The molecule has 1 amide bonds. The van der Waals surface area contributed by atoms with Crippen LogP contribution in [0.25, 0.3) is 23.0 Å². The van der Waals surface area contributed by atoms with Crippen molar-refractivity contribution in [3.63, 3.8) is 0 Å². The summed E-state index contributed by atoms with van der Waals surface area (Å²) in [6.45, 7) is 2.62. The van der Waals surface area contributed by atoms with E-state index in [4.69, 9.17) is 9.26 Å². The minimum Gasteiger partial charge on any atom is -0.497 e. The number of carbonyl (C=O) groups excluding carboxylic acids is 1. The zero-order chi connectivity index (χ0) is 24.2. The summed E-state index contributed by atoms with van der Waals surface area (Å²) in [4.78, 5) is 21.4. The fourth-order valence-corrected chi connectivity index (χ4v) is 3.69. The van der Waals surface area contributed by atoms with E-state index in [1.807, 2.05) is 66.2 Å². The molecule has 1 N–H and O–H groups in total. The minimum atomic E-state index is -0.194. The number of rotatable bonds is 7. The third-order valence-electron chi connectivity index (χ3n) is 5.57. The molecule has 0 unspecified atom stereocenters. The quantitative estimate of drug-likeness (QED) is 0.354. The Balaban J connectivity index is 1.24. The first-order chi connectivity index (χ1) is 17.1. The van der Waals surface area contributed by atoms with Crippen molar-refractivity contribution in [1.29, 1.82) is 0 Å². The van der Waals surface area contributed by atoms with E-state index >= 15 is 0 Å². The van der Waals surface area contributed by atoms with Crippen molar-refractivity contribution in [1.82, 2.24) is 19.7 Å². The van der Waals surface area contributed by atoms with Gasteiger partial charge in [-0.15, -0.1) is 0 Å². The van der Waals surface area contributed by atoms with Crippen molar-refractivity contribution >= 4 is 11.6 Å². The molecule has 0 saturated carbocycles. The van der Waals surface area contributed by atoms with Gasteiger partial charge in [0.05, 0.1) is 13.4 Å². The zero-order valence-electron chi connectivity index (χ0n) is 19.3. The van der Waals surface area contributed by atoms with Crippen molar-refractivity contribution in [2.24, 2.45) is 0 Å². The molecule has 174 valence electrons. The Morgan fingerprint density at radius 2 is 1.89 bits per heavy atom. The van der Waals surface area contributed by atoms with Gasteiger partial charge in [-0.2, -0.15) is 4.98 Å². The van der Waals surface area contributed by atoms with Crippen LogP contribution in [0.15, 0.2) is 89.8 Å². The number of ether oxygens (including phenoxy) is 1. The predicted octanol–water partition coefficient (Wildman–Crippen LogP) is 5.22. The Kier molecular flexibility index (Phi) is 6.09. The highest BCUT2D eigenvalue weighted by Gasteiger charge is 2.14. The Labute approximate surface area is 202 Å². The maximum absolute atomic E-state index is 12.5. The number of aromatic nitrogens is 4. The van der Waals surface area contributed by atoms with Crippen molar-refractivity contribution in [3.8, 4) is 28.7 Å². The molecule has 2 heterocycles. The third-order valence-corrected chi connectivity index (χ3v) is 5.57. The lowest BCUT2D eigenvalue weighted by Crippen LogP contribution is -2.11. The fraction of sp³-hybridized carbons (Fsp3) is 0.111. The molecule has 0 spiro atoms. The summed E-state index contributed by atoms with van der Waals surface area (Å²) in [5, 5.41) is 7.01. The van der Waals surface area contributed by atoms with E-state index in [0.29, 0.717) is 41.0 Å². The largest absolute Gasteiger partial charge is 0.497 e. The summed E-state index contributed by atoms with van der Waals surface area (Å²) < 4.78 is 12.6. The van der Waals surface area contributed by atoms with Gasteiger partial charge in [0.2, 0.25) is 5.82 Å². The van der Waals surface area contributed by atoms with Crippen LogP contribution < -0.4 is 10.1 Å². The molecule has 8 heteroatoms. The van der Waals surface area contributed by atoms with Crippen molar-refractivity contribution in [3.05, 3.63) is 102 Å². The average Bonchev–Trinajstić information content (AvgIpc) is 3.55. The molecule has 8 nitrogen and oxygen atoms in total. The van der Waals surface area contributed by atoms with Crippen LogP contribution in [0.5, 0.6) is 5.75 Å². The van der Waals surface area contributed by atoms with E-state index in [0.717, 1.165) is 16.7 Å². The van der Waals surface area contributed by atoms with Crippen molar-refractivity contribution in [2.45, 2.75) is 13.5 Å². The second-order valence-corrected chi connectivity index (χ2v) is 8.05. The summed E-state index contributed by atoms with van der Waals surface area (Å²) in [5.74, 6) is 1.36. The lowest BCUT2D eigenvalue weighted by Gasteiger charge is -2.08. The second kappa shape index (κ2) is 9.64. The molecule has 35 heavy (non-hydrogen) atoms. The standard InChI is InChI=1S/C27H23N5O3/c1-18-6-3-4-9-23(18)25-30-27(35-31-25)24-16-32(17-28-24)15-19-10-12-21(13-11-19)29-26(33)20-7-5-8-22(14-20)34-2/h3-14,16-17H,15H2,1-2H3,(H,29,33). The second-order valence-electron chi connectivity index (χ2n) is 8.05. The molecule has 0 radical (unpaired) electrons. The van der Waals surface area contributed by atoms with Gasteiger partial charge in [0.1, 0.15) is 11.4 Å². The molecule has 0 aliphatic rings. The van der Waals surface area contributed by atoms with Gasteiger partial charge in [0.15, 0.2) is 0 Å². The molecule has 3 aromatic carbocycles. The molecule has 5 aromatic rings. The SMILES string of the molecule is COc1cccc(C(=O)Nc2ccc(Cn3cnc(-c4nc(-c5ccccc5C)no4)c3)cc2)c1. The first-order valence-corrected chi connectivity index (χ1v) is 11.1. The Hall–Kier alpha value is -4.72. The van der Waals surface area contributed by atoms with Crippen LogP contribution in [-0.4, -0.2) is 32.7 Å². The zero-order valence-corrected chi connectivity index (χ0v) is 19.3. The summed E-state index contributed by atoms with van der Waals surface area (Å²) in [5.41, 5.74) is 4.92. The van der Waals surface area contributed by atoms with Crippen LogP contribution in [-0.2, 0) is 6.54 Å². The number of carbonyl (C=O) groups is 1. The van der Waals surface area contributed by atoms with Crippen LogP contribution in [0.4, 0.5) is 5.69 Å². The van der Waals surface area contributed by atoms with Crippen LogP contribution >= 0.6 is 0 Å². The summed E-state index contributed by atoms with van der Waals surface area (Å²) >= 11 is 0. The third kappa shape index (κ3) is 4.96. The van der Waals surface area contributed by atoms with E-state index in [-0.39, 0.29) is 5.91 Å². The molecule has 0 bridgehead atoms. The molecular weight excluding hydrogens is 442 g/mol. The molecule has 0 fully saturated rings. The topological polar surface area (TPSA) is 95.1 Å². The number of imidazole rings is 1. The highest BCUT2D eigenvalue weighted by molar-refractivity contribution is 6.04. The lowest BCUT2D eigenvalue weighted by molar-refractivity contribution is 0.102. The first kappa shape index (κ1) is 22.1. The molecule has 0 aliphatic carbocycles. The van der Waals surface area contributed by atoms with E-state index in [1.165, 1.54) is 0 Å². The highest BCUT2D eigenvalue weighted by atomic mass is 16.5. The molecule has 0 saturated heterocycles. The van der Waals surface area contributed by atoms with Crippen molar-refractivity contribution < 1.29 is 14.1 Å². The van der Waals surface area contributed by atoms with Gasteiger partial charge in [-0.1, -0.05) is 47.6 Å². The monoisotopic (exact) mass is 465 g/mol. The van der Waals surface area contributed by atoms with Gasteiger partial charge < -0.3 is 19.1 Å². The fourth-order valence-electron chi connectivity index (χ4n) is 3.69. The number of methoxy groups -OCH3 is 1. The number of amides is 1. The van der Waals surface area contributed by atoms with Gasteiger partial charge in [-0.3, -0.25) is 4.79 Å². The Morgan fingerprint density at radius 1 is 1.06 bits per heavy atom. The summed E-state index contributed by atoms with van der Waals surface area (Å²) in [6.07, 6.45) is 3.60. The minimum absolute atomic E-state index is 0.194. The lowest BCUT2D eigenvalue weighted by atomic mass is 10.1. The Bertz CT molecular complexity index is 1470. The number of nitrogens with one attached hydrogen (secondary N) is 1. The number of anilines is 1. The van der Waals surface area contributed by atoms with Crippen LogP contribution in [0, 0.1) is 6.92 Å². The highest BCUT2D eigenvalue weighted by Crippen LogP contribution is 2.24. The molecule has 2 aromatic heterocycles. The number of hydrogen-bond acceptors (Lipinski definition) is 6. The summed E-state index contributed by atoms with van der Waals surface area (Å²) in [6, 6.07) is 22.6. The molecule has 0 aliphatic heterocycles. The maximum Gasteiger partial charge on any atom is 0.278 e. The summed E-state index contributed by atoms with van der Waals surface area (Å²) in [7, 11) is 1.57. The predicted molar refractivity (Wildman–Crippen MR) is 132 cm³/mol. The smallest absolute Gasteiger partial charge is 0.278 e. The van der Waals surface area contributed by atoms with Gasteiger partial charge in [0, 0.05) is 29.6 Å². The van der Waals surface area contributed by atoms with Crippen LogP contribution in [0.2, 0.25) is 0 Å². The number of hydrogen-bond donors (Lipinski definition) is 1. The maximum atomic E-state index is 12.5. The molecule has 0 atom stereocenters. The number of nitrogens with zero attached hydrogens (tertiary/aromatic N) is 4. The van der Waals surface area contributed by atoms with E-state index in [2.05, 4.69) is 20.4 Å². The Morgan fingerprint density at radius 3 is 2.69 bits per heavy atom. The van der Waals surface area contributed by atoms with Crippen LogP contribution in [0.3, 0.4) is 0 Å². The average molecular weight is 466 g/mol. The van der Waals surface area contributed by atoms with E-state index in [1.54, 1.807) is 37.7 Å². The van der Waals surface area contributed by atoms with Gasteiger partial charge in [-0.25, -0.2) is 4.98 Å². The van der Waals surface area contributed by atoms with Gasteiger partial charge in [-0.05, 0) is 48.4 Å². The van der Waals surface area contributed by atoms with Crippen molar-refractivity contribution in [2.75, 3.05) is 12.4 Å². The number of aryl methyl sites for hydroxylation is 1. The van der Waals surface area contributed by atoms with E-state index < -0.39 is 0 Å². The van der Waals surface area contributed by atoms with Gasteiger partial charge >= 0.3 is 0 Å². The molecular formula is C27H23N5O3. The number of benzene rings is 3. The molecule has 5 rings (SSSR count). The van der Waals surface area contributed by atoms with E-state index in [9.17, 15) is 4.79 Å². The normalized spacial score (nSPS) is 10.8.